The lowest BCUT2D eigenvalue weighted by Gasteiger charge is -2.37. The molecule has 27 heavy (non-hydrogen) atoms. The molecule has 7 nitrogen and oxygen atoms in total. The van der Waals surface area contributed by atoms with Gasteiger partial charge in [0.05, 0.1) is 15.7 Å². The van der Waals surface area contributed by atoms with E-state index in [9.17, 15) is 8.42 Å². The van der Waals surface area contributed by atoms with Crippen LogP contribution in [0, 0.1) is 0 Å². The van der Waals surface area contributed by atoms with Gasteiger partial charge in [0.1, 0.15) is 22.4 Å². The van der Waals surface area contributed by atoms with Gasteiger partial charge in [-0.25, -0.2) is 17.9 Å². The van der Waals surface area contributed by atoms with Crippen LogP contribution in [0.2, 0.25) is 5.02 Å². The maximum atomic E-state index is 12.8. The van der Waals surface area contributed by atoms with Gasteiger partial charge in [-0.3, -0.25) is 4.99 Å². The molecule has 0 radical (unpaired) electrons. The number of aromatic nitrogens is 3. The maximum absolute atomic E-state index is 12.8. The zero-order chi connectivity index (χ0) is 19.6. The molecule has 0 saturated heterocycles. The Kier molecular flexibility index (Phi) is 3.93. The molecule has 2 N–H and O–H groups in total. The number of hydrogen-bond acceptors (Lipinski definition) is 7. The van der Waals surface area contributed by atoms with Crippen molar-refractivity contribution < 1.29 is 8.42 Å². The number of thiophene rings is 1. The van der Waals surface area contributed by atoms with Crippen molar-refractivity contribution >= 4 is 44.3 Å². The van der Waals surface area contributed by atoms with Crippen LogP contribution in [0.4, 0.5) is 0 Å². The SMILES string of the molecule is CC1(c2sc(-c3ccc4ncnn4c3)cc2Cl)CS(=O)(=O)C(C)(C)C(N)=N1. The van der Waals surface area contributed by atoms with Crippen LogP contribution >= 0.6 is 22.9 Å². The van der Waals surface area contributed by atoms with Crippen LogP contribution in [0.5, 0.6) is 0 Å². The van der Waals surface area contributed by atoms with Crippen molar-refractivity contribution in [3.05, 3.63) is 40.6 Å². The number of rotatable bonds is 2. The predicted molar refractivity (Wildman–Crippen MR) is 108 cm³/mol. The molecule has 0 amide bonds. The van der Waals surface area contributed by atoms with E-state index in [0.29, 0.717) is 9.90 Å². The summed E-state index contributed by atoms with van der Waals surface area (Å²) >= 11 is 7.91. The van der Waals surface area contributed by atoms with Crippen LogP contribution in [0.25, 0.3) is 16.1 Å². The summed E-state index contributed by atoms with van der Waals surface area (Å²) in [5.74, 6) is -0.0403. The third-order valence-corrected chi connectivity index (χ3v) is 9.52. The highest BCUT2D eigenvalue weighted by Crippen LogP contribution is 2.45. The molecule has 0 aliphatic carbocycles. The highest BCUT2D eigenvalue weighted by molar-refractivity contribution is 7.93. The van der Waals surface area contributed by atoms with Gasteiger partial charge in [-0.1, -0.05) is 11.6 Å². The Labute approximate surface area is 165 Å². The van der Waals surface area contributed by atoms with E-state index in [1.54, 1.807) is 25.3 Å². The minimum atomic E-state index is -3.49. The summed E-state index contributed by atoms with van der Waals surface area (Å²) in [4.78, 5) is 10.3. The Bertz CT molecular complexity index is 1200. The molecule has 3 aromatic heterocycles. The van der Waals surface area contributed by atoms with Crippen molar-refractivity contribution in [1.29, 1.82) is 0 Å². The molecule has 10 heteroatoms. The molecular weight excluding hydrogens is 406 g/mol. The molecule has 4 heterocycles. The standard InChI is InChI=1S/C17H18ClN5O2S2/c1-16(2)15(19)22-17(3,8-27(16,24)25)14-11(18)6-12(26-14)10-4-5-13-20-9-21-23(13)7-10/h4-7,9H,8H2,1-3H3,(H2,19,22). The van der Waals surface area contributed by atoms with Crippen molar-refractivity contribution in [2.24, 2.45) is 10.7 Å². The quantitative estimate of drug-likeness (QED) is 0.682. The fraction of sp³-hybridized carbons (Fsp3) is 0.353. The highest BCUT2D eigenvalue weighted by Gasteiger charge is 2.49. The first-order chi connectivity index (χ1) is 12.5. The van der Waals surface area contributed by atoms with Crippen molar-refractivity contribution in [2.45, 2.75) is 31.1 Å². The molecule has 142 valence electrons. The van der Waals surface area contributed by atoms with E-state index in [4.69, 9.17) is 17.3 Å². The normalized spacial score (nSPS) is 24.1. The number of aliphatic imine (C=N–C) groups is 1. The lowest BCUT2D eigenvalue weighted by molar-refractivity contribution is 0.507. The fourth-order valence-corrected chi connectivity index (χ4v) is 6.49. The summed E-state index contributed by atoms with van der Waals surface area (Å²) in [5.41, 5.74) is 6.67. The van der Waals surface area contributed by atoms with Crippen LogP contribution in [-0.2, 0) is 15.4 Å². The van der Waals surface area contributed by atoms with Gasteiger partial charge in [-0.15, -0.1) is 11.3 Å². The minimum absolute atomic E-state index is 0.103. The monoisotopic (exact) mass is 423 g/mol. The van der Waals surface area contributed by atoms with Crippen LogP contribution < -0.4 is 5.73 Å². The predicted octanol–water partition coefficient (Wildman–Crippen LogP) is 2.89. The van der Waals surface area contributed by atoms with Crippen molar-refractivity contribution in [3.8, 4) is 10.4 Å². The number of nitrogens with zero attached hydrogens (tertiary/aromatic N) is 4. The fourth-order valence-electron chi connectivity index (χ4n) is 3.10. The third kappa shape index (κ3) is 2.76. The summed E-state index contributed by atoms with van der Waals surface area (Å²) in [6.07, 6.45) is 3.34. The Morgan fingerprint density at radius 2 is 2.04 bits per heavy atom. The molecule has 0 spiro atoms. The molecule has 4 rings (SSSR count). The molecule has 1 aliphatic rings. The second kappa shape index (κ2) is 5.76. The van der Waals surface area contributed by atoms with E-state index < -0.39 is 20.1 Å². The van der Waals surface area contributed by atoms with E-state index in [-0.39, 0.29) is 11.6 Å². The van der Waals surface area contributed by atoms with E-state index in [2.05, 4.69) is 15.1 Å². The molecule has 1 atom stereocenters. The first-order valence-electron chi connectivity index (χ1n) is 8.21. The summed E-state index contributed by atoms with van der Waals surface area (Å²) in [7, 11) is -3.49. The number of fused-ring (bicyclic) bond motifs is 1. The highest BCUT2D eigenvalue weighted by atomic mass is 35.5. The topological polar surface area (TPSA) is 103 Å². The van der Waals surface area contributed by atoms with E-state index >= 15 is 0 Å². The van der Waals surface area contributed by atoms with Gasteiger partial charge in [0, 0.05) is 16.6 Å². The Balaban J connectivity index is 1.83. The van der Waals surface area contributed by atoms with Gasteiger partial charge in [0.2, 0.25) is 0 Å². The number of amidine groups is 1. The molecule has 0 fully saturated rings. The lowest BCUT2D eigenvalue weighted by Crippen LogP contribution is -2.54. The zero-order valence-electron chi connectivity index (χ0n) is 15.0. The van der Waals surface area contributed by atoms with Crippen molar-refractivity contribution in [1.82, 2.24) is 14.6 Å². The van der Waals surface area contributed by atoms with Crippen LogP contribution in [0.3, 0.4) is 0 Å². The first-order valence-corrected chi connectivity index (χ1v) is 11.1. The summed E-state index contributed by atoms with van der Waals surface area (Å²) in [5, 5.41) is 4.62. The summed E-state index contributed by atoms with van der Waals surface area (Å²) < 4.78 is 26.1. The molecule has 0 saturated carbocycles. The Hall–Kier alpha value is -1.97. The van der Waals surface area contributed by atoms with Gasteiger partial charge in [0.15, 0.2) is 15.5 Å². The number of sulfone groups is 1. The molecule has 0 aromatic carbocycles. The minimum Gasteiger partial charge on any atom is -0.386 e. The molecule has 3 aromatic rings. The Morgan fingerprint density at radius 1 is 1.30 bits per heavy atom. The van der Waals surface area contributed by atoms with Crippen LogP contribution in [0.15, 0.2) is 35.7 Å². The first kappa shape index (κ1) is 18.4. The number of nitrogens with two attached hydrogens (primary N) is 1. The number of pyridine rings is 1. The average molecular weight is 424 g/mol. The second-order valence-electron chi connectivity index (χ2n) is 7.31. The number of hydrogen-bond donors (Lipinski definition) is 1. The van der Waals surface area contributed by atoms with E-state index in [1.807, 2.05) is 24.4 Å². The molecule has 1 aliphatic heterocycles. The van der Waals surface area contributed by atoms with E-state index in [1.165, 1.54) is 17.7 Å². The summed E-state index contributed by atoms with van der Waals surface area (Å²) in [6, 6.07) is 5.61. The largest absolute Gasteiger partial charge is 0.386 e. The summed E-state index contributed by atoms with van der Waals surface area (Å²) in [6.45, 7) is 4.92. The second-order valence-corrected chi connectivity index (χ2v) is 11.3. The maximum Gasteiger partial charge on any atom is 0.165 e. The van der Waals surface area contributed by atoms with Crippen LogP contribution in [-0.4, -0.2) is 39.4 Å². The average Bonchev–Trinajstić information content (AvgIpc) is 3.18. The van der Waals surface area contributed by atoms with Gasteiger partial charge in [-0.2, -0.15) is 5.10 Å². The Morgan fingerprint density at radius 3 is 2.74 bits per heavy atom. The van der Waals surface area contributed by atoms with Crippen molar-refractivity contribution in [3.63, 3.8) is 0 Å². The molecule has 0 bridgehead atoms. The van der Waals surface area contributed by atoms with Gasteiger partial charge < -0.3 is 5.73 Å². The van der Waals surface area contributed by atoms with Crippen LogP contribution in [0.1, 0.15) is 25.6 Å². The lowest BCUT2D eigenvalue weighted by atomic mass is 10.0. The number of halogens is 1. The van der Waals surface area contributed by atoms with E-state index in [0.717, 1.165) is 16.1 Å². The van der Waals surface area contributed by atoms with Gasteiger partial charge in [-0.05, 0) is 39.0 Å². The molecular formula is C17H18ClN5O2S2. The van der Waals surface area contributed by atoms with Gasteiger partial charge in [0.25, 0.3) is 0 Å². The zero-order valence-corrected chi connectivity index (χ0v) is 17.4. The van der Waals surface area contributed by atoms with Crippen molar-refractivity contribution in [2.75, 3.05) is 5.75 Å². The molecule has 1 unspecified atom stereocenters. The third-order valence-electron chi connectivity index (χ3n) is 4.97. The smallest absolute Gasteiger partial charge is 0.165 e. The van der Waals surface area contributed by atoms with Gasteiger partial charge >= 0.3 is 0 Å².